The first-order valence-corrected chi connectivity index (χ1v) is 5.69. The molecule has 1 aromatic rings. The third-order valence-electron chi connectivity index (χ3n) is 2.75. The van der Waals surface area contributed by atoms with Crippen molar-refractivity contribution >= 4 is 5.69 Å². The van der Waals surface area contributed by atoms with Crippen molar-refractivity contribution in [1.82, 2.24) is 0 Å². The van der Waals surface area contributed by atoms with Gasteiger partial charge >= 0.3 is 0 Å². The summed E-state index contributed by atoms with van der Waals surface area (Å²) in [4.78, 5) is 3.52. The van der Waals surface area contributed by atoms with Crippen molar-refractivity contribution in [3.8, 4) is 0 Å². The van der Waals surface area contributed by atoms with E-state index in [1.54, 1.807) is 0 Å². The molecule has 0 aliphatic heterocycles. The second-order valence-electron chi connectivity index (χ2n) is 6.34. The van der Waals surface area contributed by atoms with Crippen LogP contribution in [0.1, 0.15) is 52.7 Å². The Morgan fingerprint density at radius 1 is 0.875 bits per heavy atom. The SMILES string of the molecule is [C-]#[N+]c1ccc(C(C)(C)C)c(C(C)(C)C)c1. The van der Waals surface area contributed by atoms with Crippen molar-refractivity contribution in [1.29, 1.82) is 0 Å². The second-order valence-corrected chi connectivity index (χ2v) is 6.34. The summed E-state index contributed by atoms with van der Waals surface area (Å²) in [7, 11) is 0. The van der Waals surface area contributed by atoms with Crippen LogP contribution < -0.4 is 0 Å². The highest BCUT2D eigenvalue weighted by molar-refractivity contribution is 5.53. The third kappa shape index (κ3) is 2.64. The number of hydrogen-bond acceptors (Lipinski definition) is 0. The van der Waals surface area contributed by atoms with Gasteiger partial charge in [-0.05, 0) is 22.0 Å². The van der Waals surface area contributed by atoms with Gasteiger partial charge in [0.05, 0.1) is 6.57 Å². The molecule has 1 nitrogen and oxygen atoms in total. The molecule has 1 rings (SSSR count). The molecule has 0 radical (unpaired) electrons. The van der Waals surface area contributed by atoms with Crippen LogP contribution in [-0.4, -0.2) is 0 Å². The topological polar surface area (TPSA) is 4.36 Å². The zero-order valence-electron chi connectivity index (χ0n) is 11.2. The van der Waals surface area contributed by atoms with Crippen LogP contribution >= 0.6 is 0 Å². The first-order valence-electron chi connectivity index (χ1n) is 5.69. The van der Waals surface area contributed by atoms with Crippen LogP contribution in [-0.2, 0) is 10.8 Å². The molecule has 16 heavy (non-hydrogen) atoms. The Morgan fingerprint density at radius 2 is 1.38 bits per heavy atom. The van der Waals surface area contributed by atoms with Gasteiger partial charge in [0, 0.05) is 0 Å². The Bertz CT molecular complexity index is 422. The summed E-state index contributed by atoms with van der Waals surface area (Å²) in [6, 6.07) is 6.06. The Morgan fingerprint density at radius 3 is 1.75 bits per heavy atom. The first kappa shape index (κ1) is 12.8. The Kier molecular flexibility index (Phi) is 3.15. The van der Waals surface area contributed by atoms with Crippen LogP contribution in [0.3, 0.4) is 0 Å². The van der Waals surface area contributed by atoms with Gasteiger partial charge in [-0.3, -0.25) is 0 Å². The predicted octanol–water partition coefficient (Wildman–Crippen LogP) is 4.83. The molecular formula is C15H21N. The maximum Gasteiger partial charge on any atom is 0.187 e. The summed E-state index contributed by atoms with van der Waals surface area (Å²) >= 11 is 0. The maximum absolute atomic E-state index is 7.10. The molecule has 0 aliphatic rings. The lowest BCUT2D eigenvalue weighted by molar-refractivity contribution is 0.530. The predicted molar refractivity (Wildman–Crippen MR) is 70.1 cm³/mol. The maximum atomic E-state index is 7.10. The van der Waals surface area contributed by atoms with Gasteiger partial charge < -0.3 is 0 Å². The molecule has 0 bridgehead atoms. The molecular weight excluding hydrogens is 194 g/mol. The highest BCUT2D eigenvalue weighted by Crippen LogP contribution is 2.36. The standard InChI is InChI=1S/C15H21N/c1-14(2,3)12-9-8-11(16-7)10-13(12)15(4,5)6/h8-10H,1-6H3. The molecule has 0 saturated carbocycles. The summed E-state index contributed by atoms with van der Waals surface area (Å²) in [5, 5.41) is 0. The number of benzene rings is 1. The van der Waals surface area contributed by atoms with Crippen LogP contribution in [0.15, 0.2) is 18.2 Å². The molecule has 0 spiro atoms. The molecule has 0 atom stereocenters. The largest absolute Gasteiger partial charge is 0.238 e. The highest BCUT2D eigenvalue weighted by atomic mass is 14.6. The van der Waals surface area contributed by atoms with Gasteiger partial charge in [-0.2, -0.15) is 0 Å². The van der Waals surface area contributed by atoms with Crippen molar-refractivity contribution in [2.24, 2.45) is 0 Å². The first-order chi connectivity index (χ1) is 7.16. The third-order valence-corrected chi connectivity index (χ3v) is 2.75. The fraction of sp³-hybridized carbons (Fsp3) is 0.533. The summed E-state index contributed by atoms with van der Waals surface area (Å²) < 4.78 is 0. The van der Waals surface area contributed by atoms with Gasteiger partial charge in [0.2, 0.25) is 0 Å². The molecule has 0 aliphatic carbocycles. The van der Waals surface area contributed by atoms with E-state index in [1.165, 1.54) is 11.1 Å². The lowest BCUT2D eigenvalue weighted by atomic mass is 9.75. The molecule has 0 heterocycles. The highest BCUT2D eigenvalue weighted by Gasteiger charge is 2.24. The minimum atomic E-state index is 0.0866. The normalized spacial score (nSPS) is 12.3. The molecule has 1 aromatic carbocycles. The minimum absolute atomic E-state index is 0.0866. The van der Waals surface area contributed by atoms with E-state index in [4.69, 9.17) is 6.57 Å². The Hall–Kier alpha value is -1.29. The molecule has 0 saturated heterocycles. The van der Waals surface area contributed by atoms with Gasteiger partial charge in [0.15, 0.2) is 5.69 Å². The molecule has 0 N–H and O–H groups in total. The van der Waals surface area contributed by atoms with Crippen molar-refractivity contribution in [3.63, 3.8) is 0 Å². The summed E-state index contributed by atoms with van der Waals surface area (Å²) in [5.41, 5.74) is 3.57. The molecule has 0 aromatic heterocycles. The smallest absolute Gasteiger partial charge is 0.187 e. The van der Waals surface area contributed by atoms with E-state index in [2.05, 4.69) is 52.5 Å². The van der Waals surface area contributed by atoms with Gasteiger partial charge in [-0.1, -0.05) is 59.7 Å². The van der Waals surface area contributed by atoms with Gasteiger partial charge in [0.25, 0.3) is 0 Å². The fourth-order valence-electron chi connectivity index (χ4n) is 1.88. The molecule has 1 heteroatoms. The summed E-state index contributed by atoms with van der Waals surface area (Å²) in [6.07, 6.45) is 0. The van der Waals surface area contributed by atoms with E-state index >= 15 is 0 Å². The van der Waals surface area contributed by atoms with E-state index in [-0.39, 0.29) is 10.8 Å². The van der Waals surface area contributed by atoms with Crippen molar-refractivity contribution in [3.05, 3.63) is 40.7 Å². The number of rotatable bonds is 0. The zero-order valence-corrected chi connectivity index (χ0v) is 11.2. The van der Waals surface area contributed by atoms with Gasteiger partial charge in [-0.15, -0.1) is 0 Å². The fourth-order valence-corrected chi connectivity index (χ4v) is 1.88. The molecule has 86 valence electrons. The molecule has 0 fully saturated rings. The lowest BCUT2D eigenvalue weighted by Crippen LogP contribution is -2.21. The lowest BCUT2D eigenvalue weighted by Gasteiger charge is -2.30. The Labute approximate surface area is 99.3 Å². The van der Waals surface area contributed by atoms with Crippen LogP contribution in [0.25, 0.3) is 4.85 Å². The molecule has 0 amide bonds. The van der Waals surface area contributed by atoms with Crippen LogP contribution in [0.4, 0.5) is 5.69 Å². The quantitative estimate of drug-likeness (QED) is 0.546. The average Bonchev–Trinajstić information content (AvgIpc) is 2.14. The minimum Gasteiger partial charge on any atom is -0.238 e. The average molecular weight is 215 g/mol. The van der Waals surface area contributed by atoms with E-state index < -0.39 is 0 Å². The van der Waals surface area contributed by atoms with Crippen molar-refractivity contribution < 1.29 is 0 Å². The van der Waals surface area contributed by atoms with Crippen LogP contribution in [0.2, 0.25) is 0 Å². The van der Waals surface area contributed by atoms with E-state index in [1.807, 2.05) is 12.1 Å². The van der Waals surface area contributed by atoms with Crippen molar-refractivity contribution in [2.75, 3.05) is 0 Å². The Balaban J connectivity index is 3.47. The number of hydrogen-bond donors (Lipinski definition) is 0. The van der Waals surface area contributed by atoms with Gasteiger partial charge in [0.1, 0.15) is 0 Å². The summed E-state index contributed by atoms with van der Waals surface area (Å²) in [5.74, 6) is 0. The second kappa shape index (κ2) is 3.94. The molecule has 0 unspecified atom stereocenters. The van der Waals surface area contributed by atoms with E-state index in [0.717, 1.165) is 5.69 Å². The zero-order chi connectivity index (χ0) is 12.6. The van der Waals surface area contributed by atoms with Crippen LogP contribution in [0, 0.1) is 6.57 Å². The van der Waals surface area contributed by atoms with Crippen molar-refractivity contribution in [2.45, 2.75) is 52.4 Å². The van der Waals surface area contributed by atoms with Crippen LogP contribution in [0.5, 0.6) is 0 Å². The van der Waals surface area contributed by atoms with Gasteiger partial charge in [-0.25, -0.2) is 4.85 Å². The van der Waals surface area contributed by atoms with E-state index in [9.17, 15) is 0 Å². The summed E-state index contributed by atoms with van der Waals surface area (Å²) in [6.45, 7) is 20.3. The number of nitrogens with zero attached hydrogens (tertiary/aromatic N) is 1. The monoisotopic (exact) mass is 215 g/mol. The van der Waals surface area contributed by atoms with E-state index in [0.29, 0.717) is 0 Å².